The van der Waals surface area contributed by atoms with E-state index < -0.39 is 14.3 Å². The lowest BCUT2D eigenvalue weighted by atomic mass is 10.0. The average molecular weight is 509 g/mol. The minimum atomic E-state index is -2.05. The number of oxazole rings is 1. The second kappa shape index (κ2) is 12.5. The van der Waals surface area contributed by atoms with Gasteiger partial charge in [-0.3, -0.25) is 4.98 Å². The molecule has 7 heteroatoms. The molecule has 0 bridgehead atoms. The molecule has 0 aliphatic rings. The third kappa shape index (κ3) is 7.61. The molecule has 0 fully saturated rings. The van der Waals surface area contributed by atoms with Crippen molar-refractivity contribution >= 4 is 14.3 Å². The minimum Gasteiger partial charge on any atom is -0.465 e. The van der Waals surface area contributed by atoms with Crippen LogP contribution >= 0.6 is 0 Å². The molecule has 36 heavy (non-hydrogen) atoms. The molecule has 2 aromatic heterocycles. The van der Waals surface area contributed by atoms with Gasteiger partial charge in [0.2, 0.25) is 5.89 Å². The highest BCUT2D eigenvalue weighted by Crippen LogP contribution is 2.41. The van der Waals surface area contributed by atoms with Gasteiger partial charge in [-0.05, 0) is 55.1 Å². The number of carbonyl (C=O) groups is 1. The third-order valence-electron chi connectivity index (χ3n) is 7.00. The zero-order valence-electron chi connectivity index (χ0n) is 22.5. The lowest BCUT2D eigenvalue weighted by molar-refractivity contribution is 0.0600. The number of hydrogen-bond donors (Lipinski definition) is 0. The van der Waals surface area contributed by atoms with Gasteiger partial charge in [0.25, 0.3) is 0 Å². The van der Waals surface area contributed by atoms with Crippen molar-refractivity contribution in [2.75, 3.05) is 7.11 Å². The van der Waals surface area contributed by atoms with Crippen LogP contribution in [0.15, 0.2) is 59.3 Å². The van der Waals surface area contributed by atoms with Gasteiger partial charge in [0.05, 0.1) is 18.9 Å². The monoisotopic (exact) mass is 508 g/mol. The number of hydrogen-bond acceptors (Lipinski definition) is 6. The van der Waals surface area contributed by atoms with Crippen molar-refractivity contribution in [2.45, 2.75) is 83.5 Å². The smallest absolute Gasteiger partial charge is 0.337 e. The van der Waals surface area contributed by atoms with E-state index in [1.807, 2.05) is 0 Å². The van der Waals surface area contributed by atoms with Gasteiger partial charge in [0.15, 0.2) is 14.1 Å². The molecule has 0 spiro atoms. The number of methoxy groups -OCH3 is 1. The Hall–Kier alpha value is -2.77. The first-order chi connectivity index (χ1) is 17.1. The van der Waals surface area contributed by atoms with E-state index in [1.165, 1.54) is 25.5 Å². The maximum Gasteiger partial charge on any atom is 0.337 e. The Balaban J connectivity index is 1.68. The first kappa shape index (κ1) is 27.8. The molecule has 3 rings (SSSR count). The molecule has 1 atom stereocenters. The van der Waals surface area contributed by atoms with Crippen LogP contribution in [0.25, 0.3) is 11.5 Å². The molecule has 0 aliphatic heterocycles. The summed E-state index contributed by atoms with van der Waals surface area (Å²) in [4.78, 5) is 20.9. The van der Waals surface area contributed by atoms with Crippen LogP contribution in [0.3, 0.4) is 0 Å². The van der Waals surface area contributed by atoms with Crippen LogP contribution in [0, 0.1) is 0 Å². The molecule has 194 valence electrons. The van der Waals surface area contributed by atoms with E-state index in [2.05, 4.69) is 74.2 Å². The van der Waals surface area contributed by atoms with Crippen molar-refractivity contribution in [1.82, 2.24) is 9.97 Å². The summed E-state index contributed by atoms with van der Waals surface area (Å²) in [6, 6.07) is 13.9. The topological polar surface area (TPSA) is 74.5 Å². The normalized spacial score (nSPS) is 12.9. The summed E-state index contributed by atoms with van der Waals surface area (Å²) >= 11 is 0. The number of aromatic nitrogens is 2. The van der Waals surface area contributed by atoms with Gasteiger partial charge >= 0.3 is 5.97 Å². The van der Waals surface area contributed by atoms with Gasteiger partial charge in [-0.2, -0.15) is 0 Å². The highest BCUT2D eigenvalue weighted by atomic mass is 28.4. The molecule has 0 amide bonds. The molecule has 2 heterocycles. The Bertz CT molecular complexity index is 1110. The molecule has 6 nitrogen and oxygen atoms in total. The number of rotatable bonds is 12. The predicted molar refractivity (Wildman–Crippen MR) is 145 cm³/mol. The number of pyridine rings is 1. The molecule has 0 saturated carbocycles. The second-order valence-corrected chi connectivity index (χ2v) is 15.5. The van der Waals surface area contributed by atoms with Crippen molar-refractivity contribution in [1.29, 1.82) is 0 Å². The second-order valence-electron chi connectivity index (χ2n) is 10.8. The Morgan fingerprint density at radius 2 is 1.75 bits per heavy atom. The van der Waals surface area contributed by atoms with Crippen LogP contribution in [-0.4, -0.2) is 31.4 Å². The Morgan fingerprint density at radius 1 is 1.03 bits per heavy atom. The van der Waals surface area contributed by atoms with Crippen molar-refractivity contribution in [2.24, 2.45) is 0 Å². The molecule has 3 aromatic rings. The van der Waals surface area contributed by atoms with E-state index in [0.29, 0.717) is 22.9 Å². The van der Waals surface area contributed by atoms with E-state index in [0.717, 1.165) is 25.7 Å². The number of carbonyl (C=O) groups excluding carboxylic acids is 1. The van der Waals surface area contributed by atoms with Gasteiger partial charge in [-0.25, -0.2) is 9.78 Å². The zero-order valence-corrected chi connectivity index (χ0v) is 23.5. The summed E-state index contributed by atoms with van der Waals surface area (Å²) in [6.45, 7) is 11.2. The molecule has 0 aliphatic carbocycles. The minimum absolute atomic E-state index is 0.0761. The molecule has 0 N–H and O–H groups in total. The standard InChI is InChI=1S/C29H40N2O4Si/c1-29(2,3)36(5,6)35-25(17-13-8-7-10-14-22-15-11-9-12-16-22)27-31-21-26(34-27)24-20-23(18-19-30-24)28(32)33-4/h9,11-12,15-16,18-21,25H,7-8,10,13-14,17H2,1-6H3. The Labute approximate surface area is 216 Å². The van der Waals surface area contributed by atoms with Crippen LogP contribution in [0.1, 0.15) is 80.8 Å². The van der Waals surface area contributed by atoms with Crippen LogP contribution in [-0.2, 0) is 15.6 Å². The number of nitrogens with zero attached hydrogens (tertiary/aromatic N) is 2. The highest BCUT2D eigenvalue weighted by molar-refractivity contribution is 6.74. The van der Waals surface area contributed by atoms with Crippen molar-refractivity contribution < 1.29 is 18.4 Å². The quantitative estimate of drug-likeness (QED) is 0.141. The Kier molecular flexibility index (Phi) is 9.62. The predicted octanol–water partition coefficient (Wildman–Crippen LogP) is 7.78. The van der Waals surface area contributed by atoms with Gasteiger partial charge in [-0.15, -0.1) is 0 Å². The largest absolute Gasteiger partial charge is 0.465 e. The van der Waals surface area contributed by atoms with Crippen molar-refractivity contribution in [3.8, 4) is 11.5 Å². The van der Waals surface area contributed by atoms with E-state index in [9.17, 15) is 4.79 Å². The lowest BCUT2D eigenvalue weighted by Gasteiger charge is -2.38. The van der Waals surface area contributed by atoms with Gasteiger partial charge < -0.3 is 13.6 Å². The van der Waals surface area contributed by atoms with Crippen molar-refractivity contribution in [3.63, 3.8) is 0 Å². The molecule has 1 unspecified atom stereocenters. The molecular weight excluding hydrogens is 468 g/mol. The Morgan fingerprint density at radius 3 is 2.44 bits per heavy atom. The number of unbranched alkanes of at least 4 members (excludes halogenated alkanes) is 3. The molecule has 0 saturated heterocycles. The fourth-order valence-electron chi connectivity index (χ4n) is 3.79. The maximum atomic E-state index is 11.9. The maximum absolute atomic E-state index is 11.9. The van der Waals surface area contributed by atoms with Crippen LogP contribution in [0.5, 0.6) is 0 Å². The van der Waals surface area contributed by atoms with E-state index in [-0.39, 0.29) is 11.1 Å². The average Bonchev–Trinajstić information content (AvgIpc) is 3.35. The lowest BCUT2D eigenvalue weighted by Crippen LogP contribution is -2.41. The number of esters is 1. The number of aryl methyl sites for hydroxylation is 1. The van der Waals surface area contributed by atoms with Crippen molar-refractivity contribution in [3.05, 3.63) is 71.9 Å². The SMILES string of the molecule is COC(=O)c1ccnc(-c2cnc(C(CCCCCCc3ccccc3)O[Si](C)(C)C(C)(C)C)o2)c1. The highest BCUT2D eigenvalue weighted by Gasteiger charge is 2.40. The molecular formula is C29H40N2O4Si. The number of ether oxygens (including phenoxy) is 1. The fraction of sp³-hybridized carbons (Fsp3) is 0.483. The first-order valence-electron chi connectivity index (χ1n) is 12.8. The van der Waals surface area contributed by atoms with Crippen LogP contribution < -0.4 is 0 Å². The van der Waals surface area contributed by atoms with Crippen LogP contribution in [0.4, 0.5) is 0 Å². The summed E-state index contributed by atoms with van der Waals surface area (Å²) in [5, 5.41) is 0.0761. The summed E-state index contributed by atoms with van der Waals surface area (Å²) in [5.74, 6) is 0.677. The fourth-order valence-corrected chi connectivity index (χ4v) is 5.07. The summed E-state index contributed by atoms with van der Waals surface area (Å²) in [6.07, 6.45) is 9.55. The summed E-state index contributed by atoms with van der Waals surface area (Å²) in [5.41, 5.74) is 2.36. The van der Waals surface area contributed by atoms with Crippen LogP contribution in [0.2, 0.25) is 18.1 Å². The van der Waals surface area contributed by atoms with E-state index in [1.54, 1.807) is 24.5 Å². The van der Waals surface area contributed by atoms with E-state index in [4.69, 9.17) is 13.6 Å². The van der Waals surface area contributed by atoms with Gasteiger partial charge in [0.1, 0.15) is 11.8 Å². The zero-order chi connectivity index (χ0) is 26.2. The molecule has 0 radical (unpaired) electrons. The number of benzene rings is 1. The van der Waals surface area contributed by atoms with Gasteiger partial charge in [0, 0.05) is 6.20 Å². The summed E-state index contributed by atoms with van der Waals surface area (Å²) < 4.78 is 17.8. The van der Waals surface area contributed by atoms with E-state index >= 15 is 0 Å². The molecule has 1 aromatic carbocycles. The third-order valence-corrected chi connectivity index (χ3v) is 11.5. The van der Waals surface area contributed by atoms with Gasteiger partial charge in [-0.1, -0.05) is 70.4 Å². The summed E-state index contributed by atoms with van der Waals surface area (Å²) in [7, 11) is -0.685. The first-order valence-corrected chi connectivity index (χ1v) is 15.7.